The van der Waals surface area contributed by atoms with E-state index in [1.165, 1.54) is 0 Å². The molecule has 0 spiro atoms. The molecule has 1 aliphatic rings. The molecule has 140 valence electrons. The fourth-order valence-electron chi connectivity index (χ4n) is 3.30. The van der Waals surface area contributed by atoms with Crippen molar-refractivity contribution in [3.8, 4) is 5.75 Å². The molecule has 1 aromatic carbocycles. The van der Waals surface area contributed by atoms with Gasteiger partial charge in [0.1, 0.15) is 5.69 Å². The third-order valence-corrected chi connectivity index (χ3v) is 5.26. The Labute approximate surface area is 157 Å². The largest absolute Gasteiger partial charge is 0.487 e. The second-order valence-electron chi connectivity index (χ2n) is 6.29. The number of ether oxygens (including phenoxy) is 1. The highest BCUT2D eigenvalue weighted by Crippen LogP contribution is 2.37. The minimum atomic E-state index is -0.332. The Bertz CT molecular complexity index is 765. The third kappa shape index (κ3) is 4.31. The summed E-state index contributed by atoms with van der Waals surface area (Å²) in [5.41, 5.74) is 1.82. The second-order valence-corrected chi connectivity index (χ2v) is 7.35. The van der Waals surface area contributed by atoms with Crippen LogP contribution in [0.2, 0.25) is 0 Å². The lowest BCUT2D eigenvalue weighted by atomic mass is 10.2. The quantitative estimate of drug-likeness (QED) is 0.568. The maximum atomic E-state index is 11.6. The van der Waals surface area contributed by atoms with Crippen LogP contribution in [0.5, 0.6) is 5.75 Å². The van der Waals surface area contributed by atoms with Gasteiger partial charge in [-0.05, 0) is 32.4 Å². The molecule has 0 radical (unpaired) electrons. The number of aromatic nitrogens is 1. The number of aryl methyl sites for hydroxylation is 1. The van der Waals surface area contributed by atoms with E-state index in [0.29, 0.717) is 18.0 Å². The highest BCUT2D eigenvalue weighted by molar-refractivity contribution is 7.09. The van der Waals surface area contributed by atoms with Crippen molar-refractivity contribution in [2.75, 3.05) is 37.7 Å². The van der Waals surface area contributed by atoms with Crippen molar-refractivity contribution in [2.24, 2.45) is 0 Å². The first-order chi connectivity index (χ1) is 12.6. The maximum Gasteiger partial charge on any atom is 0.333 e. The fraction of sp³-hybridized carbons (Fsp3) is 0.500. The van der Waals surface area contributed by atoms with Gasteiger partial charge in [-0.15, -0.1) is 11.3 Å². The first-order valence-corrected chi connectivity index (χ1v) is 9.75. The molecule has 1 aromatic heterocycles. The smallest absolute Gasteiger partial charge is 0.333 e. The summed E-state index contributed by atoms with van der Waals surface area (Å²) in [5.74, 6) is 0.342. The van der Waals surface area contributed by atoms with Crippen molar-refractivity contribution in [1.29, 1.82) is 0 Å². The van der Waals surface area contributed by atoms with Gasteiger partial charge in [0.05, 0.1) is 22.2 Å². The van der Waals surface area contributed by atoms with Gasteiger partial charge < -0.3 is 9.64 Å². The zero-order valence-corrected chi connectivity index (χ0v) is 16.0. The summed E-state index contributed by atoms with van der Waals surface area (Å²) in [6.45, 7) is 8.45. The highest BCUT2D eigenvalue weighted by atomic mass is 32.1. The normalized spacial score (nSPS) is 15.7. The molecule has 2 heterocycles. The monoisotopic (exact) mass is 376 g/mol. The third-order valence-electron chi connectivity index (χ3n) is 4.44. The predicted molar refractivity (Wildman–Crippen MR) is 103 cm³/mol. The van der Waals surface area contributed by atoms with Crippen LogP contribution in [0.25, 0.3) is 0 Å². The van der Waals surface area contributed by atoms with Crippen LogP contribution in [-0.4, -0.2) is 47.6 Å². The summed E-state index contributed by atoms with van der Waals surface area (Å²) in [6.07, 6.45) is 0.957. The van der Waals surface area contributed by atoms with E-state index in [9.17, 15) is 10.1 Å². The van der Waals surface area contributed by atoms with E-state index in [1.54, 1.807) is 17.4 Å². The molecule has 7 nitrogen and oxygen atoms in total. The number of thiazole rings is 1. The van der Waals surface area contributed by atoms with E-state index < -0.39 is 0 Å². The number of nitrogens with zero attached hydrogens (tertiary/aromatic N) is 4. The molecular weight excluding hydrogens is 352 g/mol. The highest BCUT2D eigenvalue weighted by Gasteiger charge is 2.26. The number of anilines is 1. The summed E-state index contributed by atoms with van der Waals surface area (Å²) in [5, 5.41) is 14.8. The van der Waals surface area contributed by atoms with Crippen molar-refractivity contribution in [3.63, 3.8) is 0 Å². The van der Waals surface area contributed by atoms with Gasteiger partial charge in [-0.1, -0.05) is 6.07 Å². The summed E-state index contributed by atoms with van der Waals surface area (Å²) in [6, 6.07) is 5.31. The molecule has 1 fully saturated rings. The number of para-hydroxylation sites is 1. The lowest BCUT2D eigenvalue weighted by molar-refractivity contribution is -0.385. The zero-order valence-electron chi connectivity index (χ0n) is 15.2. The van der Waals surface area contributed by atoms with Crippen molar-refractivity contribution in [3.05, 3.63) is 44.4 Å². The minimum Gasteiger partial charge on any atom is -0.487 e. The van der Waals surface area contributed by atoms with E-state index in [2.05, 4.69) is 20.2 Å². The summed E-state index contributed by atoms with van der Waals surface area (Å²) in [7, 11) is 0. The van der Waals surface area contributed by atoms with Crippen molar-refractivity contribution in [2.45, 2.75) is 26.8 Å². The topological polar surface area (TPSA) is 71.7 Å². The predicted octanol–water partition coefficient (Wildman–Crippen LogP) is 3.47. The van der Waals surface area contributed by atoms with E-state index >= 15 is 0 Å². The minimum absolute atomic E-state index is 0.0675. The molecule has 0 unspecified atom stereocenters. The molecule has 0 aliphatic carbocycles. The molecule has 2 aromatic rings. The van der Waals surface area contributed by atoms with Crippen LogP contribution in [-0.2, 0) is 6.54 Å². The van der Waals surface area contributed by atoms with Gasteiger partial charge in [0.15, 0.2) is 5.75 Å². The second kappa shape index (κ2) is 8.46. The fourth-order valence-corrected chi connectivity index (χ4v) is 3.91. The molecule has 8 heteroatoms. The van der Waals surface area contributed by atoms with Crippen LogP contribution >= 0.6 is 11.3 Å². The Morgan fingerprint density at radius 2 is 2.15 bits per heavy atom. The Hall–Kier alpha value is -2.19. The average molecular weight is 376 g/mol. The maximum absolute atomic E-state index is 11.6. The Kier molecular flexibility index (Phi) is 6.05. The Morgan fingerprint density at radius 1 is 1.31 bits per heavy atom. The molecule has 26 heavy (non-hydrogen) atoms. The molecule has 1 aliphatic heterocycles. The molecule has 0 bridgehead atoms. The first kappa shape index (κ1) is 18.6. The van der Waals surface area contributed by atoms with Gasteiger partial charge in [-0.3, -0.25) is 15.0 Å². The van der Waals surface area contributed by atoms with Crippen LogP contribution in [0.3, 0.4) is 0 Å². The molecule has 0 amide bonds. The van der Waals surface area contributed by atoms with Gasteiger partial charge in [0.2, 0.25) is 0 Å². The van der Waals surface area contributed by atoms with Crippen LogP contribution in [0.4, 0.5) is 11.4 Å². The Morgan fingerprint density at radius 3 is 2.85 bits per heavy atom. The van der Waals surface area contributed by atoms with Crippen LogP contribution in [0, 0.1) is 17.0 Å². The molecule has 0 atom stereocenters. The number of rotatable bonds is 6. The van der Waals surface area contributed by atoms with Crippen molar-refractivity contribution < 1.29 is 9.66 Å². The van der Waals surface area contributed by atoms with Crippen molar-refractivity contribution in [1.82, 2.24) is 9.88 Å². The summed E-state index contributed by atoms with van der Waals surface area (Å²) in [4.78, 5) is 20.3. The van der Waals surface area contributed by atoms with E-state index in [1.807, 2.05) is 26.0 Å². The summed E-state index contributed by atoms with van der Waals surface area (Å²) >= 11 is 1.67. The van der Waals surface area contributed by atoms with Crippen LogP contribution in [0.1, 0.15) is 24.0 Å². The van der Waals surface area contributed by atoms with E-state index in [4.69, 9.17) is 4.74 Å². The molecule has 1 saturated heterocycles. The molecular formula is C18H24N4O3S. The average Bonchev–Trinajstić information content (AvgIpc) is 2.88. The van der Waals surface area contributed by atoms with Crippen LogP contribution < -0.4 is 9.64 Å². The lowest BCUT2D eigenvalue weighted by Crippen LogP contribution is -2.31. The van der Waals surface area contributed by atoms with Gasteiger partial charge >= 0.3 is 5.69 Å². The molecule has 0 N–H and O–H groups in total. The Balaban J connectivity index is 1.74. The number of hydrogen-bond acceptors (Lipinski definition) is 7. The number of benzene rings is 1. The zero-order chi connectivity index (χ0) is 18.5. The standard InChI is InChI=1S/C18H24N4O3S/c1-3-25-17-7-4-6-16(18(17)22(23)24)21-9-5-8-20(10-11-21)12-15-13-26-14(2)19-15/h4,6-7,13H,3,5,8-12H2,1-2H3. The van der Waals surface area contributed by atoms with E-state index in [0.717, 1.165) is 49.8 Å². The van der Waals surface area contributed by atoms with Gasteiger partial charge in [0.25, 0.3) is 0 Å². The number of nitro groups is 1. The SMILES string of the molecule is CCOc1cccc(N2CCCN(Cc3csc(C)n3)CC2)c1[N+](=O)[O-]. The van der Waals surface area contributed by atoms with E-state index in [-0.39, 0.29) is 10.6 Å². The van der Waals surface area contributed by atoms with Gasteiger partial charge in [-0.2, -0.15) is 0 Å². The van der Waals surface area contributed by atoms with Crippen molar-refractivity contribution >= 4 is 22.7 Å². The number of nitro benzene ring substituents is 1. The molecule has 3 rings (SSSR count). The van der Waals surface area contributed by atoms with Crippen LogP contribution in [0.15, 0.2) is 23.6 Å². The first-order valence-electron chi connectivity index (χ1n) is 8.87. The van der Waals surface area contributed by atoms with Gasteiger partial charge in [-0.25, -0.2) is 4.98 Å². The molecule has 0 saturated carbocycles. The lowest BCUT2D eigenvalue weighted by Gasteiger charge is -2.23. The number of hydrogen-bond donors (Lipinski definition) is 0. The summed E-state index contributed by atoms with van der Waals surface area (Å²) < 4.78 is 5.48. The van der Waals surface area contributed by atoms with Gasteiger partial charge in [0, 0.05) is 38.1 Å².